The van der Waals surface area contributed by atoms with Crippen LogP contribution in [0.15, 0.2) is 34.8 Å². The highest BCUT2D eigenvalue weighted by atomic mass is 79.9. The molecule has 0 saturated carbocycles. The van der Waals surface area contributed by atoms with E-state index in [-0.39, 0.29) is 0 Å². The van der Waals surface area contributed by atoms with Crippen LogP contribution in [0.2, 0.25) is 5.15 Å². The molecule has 0 radical (unpaired) electrons. The van der Waals surface area contributed by atoms with Crippen LogP contribution in [0, 0.1) is 0 Å². The Morgan fingerprint density at radius 3 is 2.59 bits per heavy atom. The van der Waals surface area contributed by atoms with Crippen molar-refractivity contribution in [3.8, 4) is 17.4 Å². The van der Waals surface area contributed by atoms with Crippen molar-refractivity contribution in [3.63, 3.8) is 0 Å². The fourth-order valence-electron chi connectivity index (χ4n) is 1.16. The zero-order valence-corrected chi connectivity index (χ0v) is 11.2. The van der Waals surface area contributed by atoms with Gasteiger partial charge in [-0.15, -0.1) is 10.2 Å². The first-order valence-corrected chi connectivity index (χ1v) is 5.87. The maximum atomic E-state index is 5.63. The molecule has 88 valence electrons. The summed E-state index contributed by atoms with van der Waals surface area (Å²) in [6.45, 7) is 0. The Kier molecular flexibility index (Phi) is 3.81. The number of ether oxygens (including phenoxy) is 2. The van der Waals surface area contributed by atoms with Crippen LogP contribution in [-0.2, 0) is 0 Å². The molecule has 0 saturated heterocycles. The molecule has 0 N–H and O–H groups in total. The van der Waals surface area contributed by atoms with Gasteiger partial charge in [0.05, 0.1) is 11.6 Å². The fraction of sp³-hybridized carbons (Fsp3) is 0.0909. The van der Waals surface area contributed by atoms with Gasteiger partial charge >= 0.3 is 0 Å². The predicted octanol–water partition coefficient (Wildman–Crippen LogP) is 3.69. The fourth-order valence-corrected chi connectivity index (χ4v) is 1.70. The topological polar surface area (TPSA) is 44.2 Å². The van der Waals surface area contributed by atoms with E-state index in [4.69, 9.17) is 21.1 Å². The first-order chi connectivity index (χ1) is 8.19. The van der Waals surface area contributed by atoms with Crippen LogP contribution in [0.3, 0.4) is 0 Å². The minimum absolute atomic E-state index is 0.325. The quantitative estimate of drug-likeness (QED) is 0.866. The average Bonchev–Trinajstić information content (AvgIpc) is 2.34. The second-order valence-electron chi connectivity index (χ2n) is 3.09. The van der Waals surface area contributed by atoms with Crippen LogP contribution < -0.4 is 9.47 Å². The predicted molar refractivity (Wildman–Crippen MR) is 67.8 cm³/mol. The number of benzene rings is 1. The zero-order valence-electron chi connectivity index (χ0n) is 8.85. The van der Waals surface area contributed by atoms with E-state index in [1.165, 1.54) is 0 Å². The van der Waals surface area contributed by atoms with E-state index in [9.17, 15) is 0 Å². The third kappa shape index (κ3) is 3.08. The van der Waals surface area contributed by atoms with Gasteiger partial charge in [-0.1, -0.05) is 11.6 Å². The Morgan fingerprint density at radius 2 is 2.00 bits per heavy atom. The lowest BCUT2D eigenvalue weighted by Crippen LogP contribution is -1.91. The highest BCUT2D eigenvalue weighted by molar-refractivity contribution is 9.10. The van der Waals surface area contributed by atoms with Crippen LogP contribution >= 0.6 is 27.5 Å². The van der Waals surface area contributed by atoms with E-state index in [2.05, 4.69) is 26.1 Å². The molecule has 6 heteroatoms. The third-order valence-electron chi connectivity index (χ3n) is 1.96. The second-order valence-corrected chi connectivity index (χ2v) is 4.33. The number of hydrogen-bond donors (Lipinski definition) is 0. The van der Waals surface area contributed by atoms with E-state index in [1.54, 1.807) is 37.4 Å². The van der Waals surface area contributed by atoms with Gasteiger partial charge in [0.1, 0.15) is 11.5 Å². The summed E-state index contributed by atoms with van der Waals surface area (Å²) >= 11 is 9.01. The van der Waals surface area contributed by atoms with Crippen molar-refractivity contribution in [2.24, 2.45) is 0 Å². The normalized spacial score (nSPS) is 10.1. The van der Waals surface area contributed by atoms with Crippen LogP contribution in [0.25, 0.3) is 0 Å². The zero-order chi connectivity index (χ0) is 12.3. The average molecular weight is 316 g/mol. The maximum Gasteiger partial charge on any atom is 0.238 e. The first kappa shape index (κ1) is 12.1. The number of rotatable bonds is 3. The summed E-state index contributed by atoms with van der Waals surface area (Å²) in [5.74, 6) is 1.74. The van der Waals surface area contributed by atoms with Gasteiger partial charge in [-0.3, -0.25) is 0 Å². The van der Waals surface area contributed by atoms with Gasteiger partial charge in [0.25, 0.3) is 0 Å². The number of halogens is 2. The molecular formula is C11H8BrClN2O2. The van der Waals surface area contributed by atoms with Gasteiger partial charge < -0.3 is 9.47 Å². The van der Waals surface area contributed by atoms with Gasteiger partial charge in [-0.25, -0.2) is 0 Å². The summed E-state index contributed by atoms with van der Waals surface area (Å²) in [4.78, 5) is 0. The molecule has 0 spiro atoms. The molecule has 0 aliphatic heterocycles. The van der Waals surface area contributed by atoms with E-state index in [1.807, 2.05) is 0 Å². The van der Waals surface area contributed by atoms with Crippen LogP contribution in [-0.4, -0.2) is 17.3 Å². The molecule has 4 nitrogen and oxygen atoms in total. The molecule has 0 fully saturated rings. The Morgan fingerprint density at radius 1 is 1.18 bits per heavy atom. The summed E-state index contributed by atoms with van der Waals surface area (Å²) in [6.07, 6.45) is 0. The molecule has 1 aromatic heterocycles. The monoisotopic (exact) mass is 314 g/mol. The number of methoxy groups -OCH3 is 1. The van der Waals surface area contributed by atoms with E-state index >= 15 is 0 Å². The van der Waals surface area contributed by atoms with Gasteiger partial charge in [0, 0.05) is 6.07 Å². The third-order valence-corrected chi connectivity index (χ3v) is 2.78. The van der Waals surface area contributed by atoms with Crippen molar-refractivity contribution in [1.82, 2.24) is 10.2 Å². The largest absolute Gasteiger partial charge is 0.497 e. The van der Waals surface area contributed by atoms with Crippen molar-refractivity contribution < 1.29 is 9.47 Å². The van der Waals surface area contributed by atoms with Crippen molar-refractivity contribution in [1.29, 1.82) is 0 Å². The Hall–Kier alpha value is -1.33. The molecule has 17 heavy (non-hydrogen) atoms. The molecule has 1 heterocycles. The number of aromatic nitrogens is 2. The lowest BCUT2D eigenvalue weighted by molar-refractivity contribution is 0.411. The Bertz CT molecular complexity index is 519. The SMILES string of the molecule is COc1ccc(Oc2ccc(Cl)nn2)c(Br)c1. The smallest absolute Gasteiger partial charge is 0.238 e. The Labute approximate surface area is 112 Å². The van der Waals surface area contributed by atoms with Crippen LogP contribution in [0.1, 0.15) is 0 Å². The molecule has 0 amide bonds. The van der Waals surface area contributed by atoms with Crippen molar-refractivity contribution >= 4 is 27.5 Å². The van der Waals surface area contributed by atoms with E-state index < -0.39 is 0 Å². The summed E-state index contributed by atoms with van der Waals surface area (Å²) < 4.78 is 11.4. The highest BCUT2D eigenvalue weighted by Gasteiger charge is 2.05. The highest BCUT2D eigenvalue weighted by Crippen LogP contribution is 2.31. The minimum Gasteiger partial charge on any atom is -0.497 e. The van der Waals surface area contributed by atoms with Gasteiger partial charge in [-0.05, 0) is 40.2 Å². The Balaban J connectivity index is 2.21. The van der Waals surface area contributed by atoms with Crippen molar-refractivity contribution in [3.05, 3.63) is 40.0 Å². The first-order valence-electron chi connectivity index (χ1n) is 4.69. The number of hydrogen-bond acceptors (Lipinski definition) is 4. The molecule has 0 aliphatic rings. The van der Waals surface area contributed by atoms with Gasteiger partial charge in [-0.2, -0.15) is 0 Å². The van der Waals surface area contributed by atoms with Gasteiger partial charge in [0.2, 0.25) is 5.88 Å². The molecule has 1 aromatic carbocycles. The molecule has 0 atom stereocenters. The van der Waals surface area contributed by atoms with Crippen LogP contribution in [0.5, 0.6) is 17.4 Å². The second kappa shape index (κ2) is 5.33. The molecule has 0 aliphatic carbocycles. The minimum atomic E-state index is 0.325. The van der Waals surface area contributed by atoms with Crippen molar-refractivity contribution in [2.75, 3.05) is 7.11 Å². The molecule has 0 bridgehead atoms. The molecule has 2 rings (SSSR count). The lowest BCUT2D eigenvalue weighted by Gasteiger charge is -2.07. The van der Waals surface area contributed by atoms with Crippen molar-refractivity contribution in [2.45, 2.75) is 0 Å². The van der Waals surface area contributed by atoms with Crippen LogP contribution in [0.4, 0.5) is 0 Å². The van der Waals surface area contributed by atoms with Gasteiger partial charge in [0.15, 0.2) is 5.15 Å². The maximum absolute atomic E-state index is 5.63. The molecule has 0 unspecified atom stereocenters. The van der Waals surface area contributed by atoms with E-state index in [0.717, 1.165) is 10.2 Å². The molecule has 2 aromatic rings. The molecular weight excluding hydrogens is 307 g/mol. The summed E-state index contributed by atoms with van der Waals surface area (Å²) in [7, 11) is 1.60. The lowest BCUT2D eigenvalue weighted by atomic mass is 10.3. The summed E-state index contributed by atoms with van der Waals surface area (Å²) in [5, 5.41) is 7.82. The standard InChI is InChI=1S/C11H8BrClN2O2/c1-16-7-2-3-9(8(12)6-7)17-11-5-4-10(13)14-15-11/h2-6H,1H3. The summed E-state index contributed by atoms with van der Waals surface area (Å²) in [6, 6.07) is 8.63. The van der Waals surface area contributed by atoms with E-state index in [0.29, 0.717) is 16.8 Å². The number of nitrogens with zero attached hydrogens (tertiary/aromatic N) is 2. The summed E-state index contributed by atoms with van der Waals surface area (Å²) in [5.41, 5.74) is 0.